The van der Waals surface area contributed by atoms with Crippen LogP contribution in [0.25, 0.3) is 22.0 Å². The molecule has 0 unspecified atom stereocenters. The third kappa shape index (κ3) is 3.63. The summed E-state index contributed by atoms with van der Waals surface area (Å²) < 4.78 is 24.4. The molecule has 6 N–H and O–H groups in total. The van der Waals surface area contributed by atoms with Crippen molar-refractivity contribution in [3.8, 4) is 34.3 Å². The highest BCUT2D eigenvalue weighted by atomic mass is 35.5. The van der Waals surface area contributed by atoms with Gasteiger partial charge < -0.3 is 47.8 Å². The Morgan fingerprint density at radius 3 is 2.34 bits per heavy atom. The maximum atomic E-state index is 5.60. The number of pyridine rings is 1. The SMILES string of the molecule is COc1ccc2cc3[n+](cc2c1OC)CCc1cc2c(cc1-3)OCO2.O.O.O.[Cl-]. The number of ether oxygens (including phenoxy) is 4. The van der Waals surface area contributed by atoms with Gasteiger partial charge >= 0.3 is 0 Å². The molecule has 0 radical (unpaired) electrons. The lowest BCUT2D eigenvalue weighted by Crippen LogP contribution is -3.00. The number of hydrogen-bond acceptors (Lipinski definition) is 4. The number of methoxy groups -OCH3 is 2. The number of aryl methyl sites for hydroxylation is 2. The van der Waals surface area contributed by atoms with E-state index in [1.807, 2.05) is 6.07 Å². The predicted molar refractivity (Wildman–Crippen MR) is 103 cm³/mol. The molecule has 3 heterocycles. The van der Waals surface area contributed by atoms with E-state index in [1.54, 1.807) is 14.2 Å². The molecule has 0 saturated heterocycles. The van der Waals surface area contributed by atoms with Gasteiger partial charge in [0.25, 0.3) is 0 Å². The van der Waals surface area contributed by atoms with Gasteiger partial charge in [-0.2, -0.15) is 4.57 Å². The van der Waals surface area contributed by atoms with Crippen LogP contribution in [0.1, 0.15) is 5.56 Å². The Kier molecular flexibility index (Phi) is 7.65. The normalized spacial score (nSPS) is 12.2. The first-order valence-electron chi connectivity index (χ1n) is 8.29. The van der Waals surface area contributed by atoms with E-state index >= 15 is 0 Å². The highest BCUT2D eigenvalue weighted by Gasteiger charge is 2.28. The van der Waals surface area contributed by atoms with E-state index in [0.717, 1.165) is 46.7 Å². The summed E-state index contributed by atoms with van der Waals surface area (Å²) in [7, 11) is 3.34. The van der Waals surface area contributed by atoms with Crippen molar-refractivity contribution in [1.29, 1.82) is 0 Å². The van der Waals surface area contributed by atoms with Crippen LogP contribution in [-0.2, 0) is 13.0 Å². The second-order valence-corrected chi connectivity index (χ2v) is 6.27. The zero-order chi connectivity index (χ0) is 17.0. The van der Waals surface area contributed by atoms with E-state index in [0.29, 0.717) is 6.79 Å². The summed E-state index contributed by atoms with van der Waals surface area (Å²) in [4.78, 5) is 0. The van der Waals surface area contributed by atoms with Gasteiger partial charge in [0, 0.05) is 12.5 Å². The Labute approximate surface area is 173 Å². The summed E-state index contributed by atoms with van der Waals surface area (Å²) in [5.41, 5.74) is 3.68. The van der Waals surface area contributed by atoms with Crippen LogP contribution in [0, 0.1) is 0 Å². The highest BCUT2D eigenvalue weighted by molar-refractivity contribution is 5.91. The molecule has 158 valence electrons. The Morgan fingerprint density at radius 1 is 0.931 bits per heavy atom. The van der Waals surface area contributed by atoms with Crippen LogP contribution in [0.3, 0.4) is 0 Å². The Balaban J connectivity index is 0.00000105. The van der Waals surface area contributed by atoms with Crippen LogP contribution in [0.15, 0.2) is 36.5 Å². The summed E-state index contributed by atoms with van der Waals surface area (Å²) in [6.45, 7) is 1.21. The van der Waals surface area contributed by atoms with Gasteiger partial charge in [0.15, 0.2) is 35.7 Å². The van der Waals surface area contributed by atoms with Gasteiger partial charge in [-0.1, -0.05) is 0 Å². The summed E-state index contributed by atoms with van der Waals surface area (Å²) in [6.07, 6.45) is 3.11. The number of benzene rings is 2. The largest absolute Gasteiger partial charge is 1.00 e. The molecular formula is C20H24ClNO7. The van der Waals surface area contributed by atoms with Gasteiger partial charge in [-0.05, 0) is 35.2 Å². The maximum Gasteiger partial charge on any atom is 0.231 e. The Hall–Kier alpha value is -2.78. The quantitative estimate of drug-likeness (QED) is 0.424. The highest BCUT2D eigenvalue weighted by Crippen LogP contribution is 2.41. The lowest BCUT2D eigenvalue weighted by Gasteiger charge is -2.17. The third-order valence-electron chi connectivity index (χ3n) is 5.00. The molecule has 3 aromatic rings. The molecule has 0 spiro atoms. The molecule has 2 aliphatic rings. The van der Waals surface area contributed by atoms with Crippen molar-refractivity contribution in [2.45, 2.75) is 13.0 Å². The zero-order valence-corrected chi connectivity index (χ0v) is 16.8. The van der Waals surface area contributed by atoms with Crippen LogP contribution in [-0.4, -0.2) is 37.4 Å². The van der Waals surface area contributed by atoms with E-state index < -0.39 is 0 Å². The molecular weight excluding hydrogens is 402 g/mol. The van der Waals surface area contributed by atoms with E-state index in [9.17, 15) is 0 Å². The minimum atomic E-state index is 0. The molecule has 8 nitrogen and oxygen atoms in total. The van der Waals surface area contributed by atoms with Crippen LogP contribution in [0.5, 0.6) is 23.0 Å². The number of nitrogens with zero attached hydrogens (tertiary/aromatic N) is 1. The minimum absolute atomic E-state index is 0. The fraction of sp³-hybridized carbons (Fsp3) is 0.250. The number of hydrogen-bond donors (Lipinski definition) is 0. The van der Waals surface area contributed by atoms with E-state index in [1.165, 1.54) is 16.8 Å². The Morgan fingerprint density at radius 2 is 1.66 bits per heavy atom. The van der Waals surface area contributed by atoms with Crippen LogP contribution in [0.2, 0.25) is 0 Å². The van der Waals surface area contributed by atoms with Gasteiger partial charge in [0.05, 0.1) is 25.2 Å². The lowest BCUT2D eigenvalue weighted by molar-refractivity contribution is -0.686. The predicted octanol–water partition coefficient (Wildman–Crippen LogP) is -2.37. The fourth-order valence-electron chi connectivity index (χ4n) is 3.77. The maximum absolute atomic E-state index is 5.60. The standard InChI is InChI=1S/C20H18NO4.ClH.3H2O/c1-22-17-4-3-12-7-16-14-9-19-18(24-11-25-19)8-13(14)5-6-21(16)10-15(12)20(17)23-2;;;;/h3-4,7-10H,5-6,11H2,1-2H3;1H;3*1H2/q+1;;;;/p-1. The van der Waals surface area contributed by atoms with Crippen molar-refractivity contribution in [3.05, 3.63) is 42.1 Å². The summed E-state index contributed by atoms with van der Waals surface area (Å²) >= 11 is 0. The zero-order valence-electron chi connectivity index (χ0n) is 16.0. The van der Waals surface area contributed by atoms with Crippen molar-refractivity contribution < 1.29 is 52.4 Å². The molecule has 2 aromatic carbocycles. The van der Waals surface area contributed by atoms with Crippen LogP contribution >= 0.6 is 0 Å². The molecule has 0 amide bonds. The number of aromatic nitrogens is 1. The first-order chi connectivity index (χ1) is 12.3. The van der Waals surface area contributed by atoms with Crippen molar-refractivity contribution in [2.24, 2.45) is 0 Å². The molecule has 0 atom stereocenters. The number of halogens is 1. The fourth-order valence-corrected chi connectivity index (χ4v) is 3.77. The lowest BCUT2D eigenvalue weighted by atomic mass is 9.95. The van der Waals surface area contributed by atoms with Crippen molar-refractivity contribution in [1.82, 2.24) is 0 Å². The minimum Gasteiger partial charge on any atom is -1.00 e. The average molecular weight is 426 g/mol. The summed E-state index contributed by atoms with van der Waals surface area (Å²) in [5.74, 6) is 3.18. The van der Waals surface area contributed by atoms with Crippen LogP contribution in [0.4, 0.5) is 0 Å². The molecule has 9 heteroatoms. The average Bonchev–Trinajstić information content (AvgIpc) is 3.11. The van der Waals surface area contributed by atoms with Gasteiger partial charge in [-0.15, -0.1) is 0 Å². The molecule has 1 aromatic heterocycles. The molecule has 2 aliphatic heterocycles. The monoisotopic (exact) mass is 425 g/mol. The molecule has 0 bridgehead atoms. The van der Waals surface area contributed by atoms with Crippen molar-refractivity contribution in [2.75, 3.05) is 21.0 Å². The molecule has 0 fully saturated rings. The van der Waals surface area contributed by atoms with Crippen molar-refractivity contribution >= 4 is 10.8 Å². The van der Waals surface area contributed by atoms with Crippen LogP contribution < -0.4 is 35.9 Å². The van der Waals surface area contributed by atoms with E-state index in [-0.39, 0.29) is 28.8 Å². The second kappa shape index (κ2) is 9.15. The van der Waals surface area contributed by atoms with Gasteiger partial charge in [-0.3, -0.25) is 0 Å². The Bertz CT molecular complexity index is 1030. The molecule has 5 rings (SSSR count). The van der Waals surface area contributed by atoms with E-state index in [4.69, 9.17) is 18.9 Å². The van der Waals surface area contributed by atoms with Crippen molar-refractivity contribution in [3.63, 3.8) is 0 Å². The first-order valence-corrected chi connectivity index (χ1v) is 8.29. The molecule has 0 saturated carbocycles. The first kappa shape index (κ1) is 24.3. The molecule has 0 aliphatic carbocycles. The summed E-state index contributed by atoms with van der Waals surface area (Å²) in [6, 6.07) is 10.4. The van der Waals surface area contributed by atoms with E-state index in [2.05, 4.69) is 35.0 Å². The smallest absolute Gasteiger partial charge is 0.231 e. The van der Waals surface area contributed by atoms with Gasteiger partial charge in [-0.25, -0.2) is 0 Å². The second-order valence-electron chi connectivity index (χ2n) is 6.27. The number of fused-ring (bicyclic) bond motifs is 5. The summed E-state index contributed by atoms with van der Waals surface area (Å²) in [5, 5.41) is 2.17. The molecule has 29 heavy (non-hydrogen) atoms. The van der Waals surface area contributed by atoms with Gasteiger partial charge in [0.2, 0.25) is 12.5 Å². The third-order valence-corrected chi connectivity index (χ3v) is 5.00. The van der Waals surface area contributed by atoms with Gasteiger partial charge in [0.1, 0.15) is 0 Å². The number of rotatable bonds is 2. The topological polar surface area (TPSA) is 135 Å².